The second-order valence-electron chi connectivity index (χ2n) is 4.90. The predicted molar refractivity (Wildman–Crippen MR) is 69.0 cm³/mol. The SMILES string of the molecule is CC(C)=CCCC1=CC[C@@H](/C(C)=N\O)CC1. The fourth-order valence-corrected chi connectivity index (χ4v) is 2.12. The van der Waals surface area contributed by atoms with E-state index in [1.54, 1.807) is 5.57 Å². The van der Waals surface area contributed by atoms with Crippen molar-refractivity contribution < 1.29 is 5.21 Å². The van der Waals surface area contributed by atoms with Gasteiger partial charge in [-0.05, 0) is 52.9 Å². The Kier molecular flexibility index (Phi) is 5.30. The minimum atomic E-state index is 0.456. The summed E-state index contributed by atoms with van der Waals surface area (Å²) < 4.78 is 0. The molecule has 0 unspecified atom stereocenters. The second kappa shape index (κ2) is 6.51. The van der Waals surface area contributed by atoms with E-state index in [-0.39, 0.29) is 0 Å². The molecule has 90 valence electrons. The van der Waals surface area contributed by atoms with Gasteiger partial charge in [0, 0.05) is 5.92 Å². The molecule has 0 aromatic carbocycles. The molecule has 0 spiro atoms. The van der Waals surface area contributed by atoms with Crippen LogP contribution in [0.15, 0.2) is 28.5 Å². The molecular formula is C14H23NO. The van der Waals surface area contributed by atoms with Gasteiger partial charge >= 0.3 is 0 Å². The van der Waals surface area contributed by atoms with E-state index in [1.807, 2.05) is 6.92 Å². The Morgan fingerprint density at radius 2 is 2.25 bits per heavy atom. The summed E-state index contributed by atoms with van der Waals surface area (Å²) in [5, 5.41) is 12.0. The molecule has 1 N–H and O–H groups in total. The van der Waals surface area contributed by atoms with E-state index in [9.17, 15) is 0 Å². The molecule has 1 atom stereocenters. The predicted octanol–water partition coefficient (Wildman–Crippen LogP) is 4.31. The maximum absolute atomic E-state index is 8.71. The molecule has 1 aliphatic rings. The smallest absolute Gasteiger partial charge is 0.0574 e. The molecule has 0 aromatic heterocycles. The van der Waals surface area contributed by atoms with Gasteiger partial charge in [0.2, 0.25) is 0 Å². The first-order chi connectivity index (χ1) is 7.63. The molecule has 0 heterocycles. The van der Waals surface area contributed by atoms with Gasteiger partial charge in [-0.25, -0.2) is 0 Å². The summed E-state index contributed by atoms with van der Waals surface area (Å²) in [7, 11) is 0. The molecule has 0 saturated carbocycles. The van der Waals surface area contributed by atoms with Crippen LogP contribution in [0.25, 0.3) is 0 Å². The van der Waals surface area contributed by atoms with Gasteiger partial charge in [-0.1, -0.05) is 28.5 Å². The van der Waals surface area contributed by atoms with Crippen LogP contribution in [0.4, 0.5) is 0 Å². The van der Waals surface area contributed by atoms with Crippen LogP contribution < -0.4 is 0 Å². The number of allylic oxidation sites excluding steroid dienone is 4. The second-order valence-corrected chi connectivity index (χ2v) is 4.90. The topological polar surface area (TPSA) is 32.6 Å². The number of rotatable bonds is 4. The van der Waals surface area contributed by atoms with Crippen molar-refractivity contribution in [1.29, 1.82) is 0 Å². The molecule has 0 aromatic rings. The van der Waals surface area contributed by atoms with Crippen molar-refractivity contribution in [3.05, 3.63) is 23.3 Å². The zero-order valence-electron chi connectivity index (χ0n) is 10.7. The molecule has 2 nitrogen and oxygen atoms in total. The fourth-order valence-electron chi connectivity index (χ4n) is 2.12. The Labute approximate surface area is 98.7 Å². The average molecular weight is 221 g/mol. The summed E-state index contributed by atoms with van der Waals surface area (Å²) in [5.74, 6) is 0.456. The van der Waals surface area contributed by atoms with Crippen molar-refractivity contribution >= 4 is 5.71 Å². The first kappa shape index (κ1) is 13.0. The standard InChI is InChI=1S/C14H23NO/c1-11(2)5-4-6-13-7-9-14(10-8-13)12(3)15-16/h5,7,14,16H,4,6,8-10H2,1-3H3/b15-12-/t14-/m1/s1. The van der Waals surface area contributed by atoms with Gasteiger partial charge in [0.1, 0.15) is 0 Å². The van der Waals surface area contributed by atoms with Crippen LogP contribution in [0, 0.1) is 5.92 Å². The highest BCUT2D eigenvalue weighted by Crippen LogP contribution is 2.27. The first-order valence-electron chi connectivity index (χ1n) is 6.13. The van der Waals surface area contributed by atoms with Crippen LogP contribution >= 0.6 is 0 Å². The van der Waals surface area contributed by atoms with Gasteiger partial charge in [-0.2, -0.15) is 0 Å². The van der Waals surface area contributed by atoms with Gasteiger partial charge < -0.3 is 5.21 Å². The lowest BCUT2D eigenvalue weighted by atomic mass is 9.85. The van der Waals surface area contributed by atoms with Gasteiger partial charge in [0.05, 0.1) is 5.71 Å². The third kappa shape index (κ3) is 4.21. The molecule has 0 fully saturated rings. The van der Waals surface area contributed by atoms with Crippen LogP contribution in [-0.2, 0) is 0 Å². The highest BCUT2D eigenvalue weighted by Gasteiger charge is 2.16. The van der Waals surface area contributed by atoms with E-state index in [0.717, 1.165) is 31.4 Å². The molecule has 0 saturated heterocycles. The zero-order valence-corrected chi connectivity index (χ0v) is 10.7. The lowest BCUT2D eigenvalue weighted by Gasteiger charge is -2.20. The average Bonchev–Trinajstić information content (AvgIpc) is 2.28. The summed E-state index contributed by atoms with van der Waals surface area (Å²) in [6, 6.07) is 0. The summed E-state index contributed by atoms with van der Waals surface area (Å²) in [5.41, 5.74) is 3.84. The minimum Gasteiger partial charge on any atom is -0.411 e. The van der Waals surface area contributed by atoms with Crippen LogP contribution in [0.5, 0.6) is 0 Å². The van der Waals surface area contributed by atoms with E-state index < -0.39 is 0 Å². The van der Waals surface area contributed by atoms with Crippen LogP contribution in [0.3, 0.4) is 0 Å². The molecule has 0 bridgehead atoms. The quantitative estimate of drug-likeness (QED) is 0.326. The van der Waals surface area contributed by atoms with E-state index in [0.29, 0.717) is 5.92 Å². The van der Waals surface area contributed by atoms with Crippen LogP contribution in [-0.4, -0.2) is 10.9 Å². The summed E-state index contributed by atoms with van der Waals surface area (Å²) >= 11 is 0. The maximum atomic E-state index is 8.71. The highest BCUT2D eigenvalue weighted by atomic mass is 16.4. The zero-order chi connectivity index (χ0) is 12.0. The molecule has 0 aliphatic heterocycles. The number of hydrogen-bond donors (Lipinski definition) is 1. The Balaban J connectivity index is 2.38. The first-order valence-corrected chi connectivity index (χ1v) is 6.13. The van der Waals surface area contributed by atoms with Crippen molar-refractivity contribution in [1.82, 2.24) is 0 Å². The molecule has 0 radical (unpaired) electrons. The minimum absolute atomic E-state index is 0.456. The lowest BCUT2D eigenvalue weighted by molar-refractivity contribution is 0.313. The molecule has 1 rings (SSSR count). The molecule has 2 heteroatoms. The van der Waals surface area contributed by atoms with Crippen LogP contribution in [0.2, 0.25) is 0 Å². The lowest BCUT2D eigenvalue weighted by Crippen LogP contribution is -2.14. The molecule has 1 aliphatic carbocycles. The summed E-state index contributed by atoms with van der Waals surface area (Å²) in [6.45, 7) is 6.20. The van der Waals surface area contributed by atoms with Gasteiger partial charge in [-0.15, -0.1) is 0 Å². The van der Waals surface area contributed by atoms with Gasteiger partial charge in [0.15, 0.2) is 0 Å². The maximum Gasteiger partial charge on any atom is 0.0574 e. The van der Waals surface area contributed by atoms with E-state index >= 15 is 0 Å². The van der Waals surface area contributed by atoms with Crippen molar-refractivity contribution in [3.8, 4) is 0 Å². The van der Waals surface area contributed by atoms with Crippen molar-refractivity contribution in [3.63, 3.8) is 0 Å². The fraction of sp³-hybridized carbons (Fsp3) is 0.643. The molecular weight excluding hydrogens is 198 g/mol. The summed E-state index contributed by atoms with van der Waals surface area (Å²) in [6.07, 6.45) is 10.3. The van der Waals surface area contributed by atoms with Crippen molar-refractivity contribution in [2.75, 3.05) is 0 Å². The van der Waals surface area contributed by atoms with E-state index in [4.69, 9.17) is 5.21 Å². The third-order valence-corrected chi connectivity index (χ3v) is 3.27. The number of oxime groups is 1. The summed E-state index contributed by atoms with van der Waals surface area (Å²) in [4.78, 5) is 0. The Hall–Kier alpha value is -1.05. The van der Waals surface area contributed by atoms with Crippen molar-refractivity contribution in [2.24, 2.45) is 11.1 Å². The van der Waals surface area contributed by atoms with Crippen molar-refractivity contribution in [2.45, 2.75) is 52.9 Å². The van der Waals surface area contributed by atoms with Gasteiger partial charge in [-0.3, -0.25) is 0 Å². The number of nitrogens with zero attached hydrogens (tertiary/aromatic N) is 1. The monoisotopic (exact) mass is 221 g/mol. The van der Waals surface area contributed by atoms with E-state index in [2.05, 4.69) is 31.2 Å². The number of hydrogen-bond acceptors (Lipinski definition) is 2. The largest absolute Gasteiger partial charge is 0.411 e. The van der Waals surface area contributed by atoms with Gasteiger partial charge in [0.25, 0.3) is 0 Å². The molecule has 0 amide bonds. The highest BCUT2D eigenvalue weighted by molar-refractivity contribution is 5.84. The Bertz CT molecular complexity index is 309. The normalized spacial score (nSPS) is 21.6. The molecule has 16 heavy (non-hydrogen) atoms. The Morgan fingerprint density at radius 3 is 2.75 bits per heavy atom. The third-order valence-electron chi connectivity index (χ3n) is 3.27. The Morgan fingerprint density at radius 1 is 1.50 bits per heavy atom. The van der Waals surface area contributed by atoms with Crippen LogP contribution in [0.1, 0.15) is 52.9 Å². The van der Waals surface area contributed by atoms with E-state index in [1.165, 1.54) is 12.0 Å².